The Morgan fingerprint density at radius 1 is 1.07 bits per heavy atom. The Balaban J connectivity index is 0. The Labute approximate surface area is 88.0 Å². The van der Waals surface area contributed by atoms with Gasteiger partial charge in [0.25, 0.3) is 0 Å². The van der Waals surface area contributed by atoms with E-state index in [4.69, 9.17) is 5.73 Å². The van der Waals surface area contributed by atoms with E-state index in [-0.39, 0.29) is 17.1 Å². The van der Waals surface area contributed by atoms with Crippen molar-refractivity contribution in [2.45, 2.75) is 70.9 Å². The van der Waals surface area contributed by atoms with Crippen LogP contribution in [0.25, 0.3) is 0 Å². The fourth-order valence-corrected chi connectivity index (χ4v) is 1.95. The van der Waals surface area contributed by atoms with E-state index in [1.165, 1.54) is 0 Å². The average Bonchev–Trinajstić information content (AvgIpc) is 2.05. The van der Waals surface area contributed by atoms with Gasteiger partial charge in [-0.3, -0.25) is 0 Å². The van der Waals surface area contributed by atoms with E-state index in [2.05, 4.69) is 20.8 Å². The molecule has 3 heteroatoms. The molecule has 0 saturated carbocycles. The first-order valence-corrected chi connectivity index (χ1v) is 5.57. The van der Waals surface area contributed by atoms with Gasteiger partial charge < -0.3 is 16.3 Å². The standard InChI is InChI=1S/C11H25NO.H2O/c1-4-7-10(13)11(12,8-5-2)9-6-3;/h10,13H,4-9,12H2,1-3H3;1H2. The highest BCUT2D eigenvalue weighted by Crippen LogP contribution is 2.23. The molecule has 88 valence electrons. The van der Waals surface area contributed by atoms with Gasteiger partial charge in [-0.25, -0.2) is 0 Å². The molecule has 0 bridgehead atoms. The molecule has 0 rings (SSSR count). The zero-order valence-electron chi connectivity index (χ0n) is 9.84. The Kier molecular flexibility index (Phi) is 9.57. The van der Waals surface area contributed by atoms with Crippen molar-refractivity contribution >= 4 is 0 Å². The SMILES string of the molecule is CCCC(O)C(N)(CCC)CCC.O. The Morgan fingerprint density at radius 2 is 1.50 bits per heavy atom. The Bertz CT molecular complexity index is 122. The molecule has 14 heavy (non-hydrogen) atoms. The second kappa shape index (κ2) is 8.21. The fourth-order valence-electron chi connectivity index (χ4n) is 1.95. The molecule has 5 N–H and O–H groups in total. The molecule has 0 saturated heterocycles. The summed E-state index contributed by atoms with van der Waals surface area (Å²) in [7, 11) is 0. The van der Waals surface area contributed by atoms with Crippen molar-refractivity contribution < 1.29 is 10.6 Å². The van der Waals surface area contributed by atoms with Crippen molar-refractivity contribution in [3.05, 3.63) is 0 Å². The van der Waals surface area contributed by atoms with Gasteiger partial charge in [0.2, 0.25) is 0 Å². The molecule has 0 aromatic rings. The van der Waals surface area contributed by atoms with Crippen LogP contribution in [0.5, 0.6) is 0 Å². The third-order valence-corrected chi connectivity index (χ3v) is 2.66. The van der Waals surface area contributed by atoms with Crippen LogP contribution in [0.15, 0.2) is 0 Å². The van der Waals surface area contributed by atoms with E-state index in [0.717, 1.165) is 38.5 Å². The van der Waals surface area contributed by atoms with E-state index in [9.17, 15) is 5.11 Å². The predicted molar refractivity (Wildman–Crippen MR) is 61.3 cm³/mol. The van der Waals surface area contributed by atoms with E-state index in [1.807, 2.05) is 0 Å². The van der Waals surface area contributed by atoms with Crippen LogP contribution in [0, 0.1) is 0 Å². The van der Waals surface area contributed by atoms with Gasteiger partial charge in [-0.2, -0.15) is 0 Å². The summed E-state index contributed by atoms with van der Waals surface area (Å²) in [4.78, 5) is 0. The maximum Gasteiger partial charge on any atom is 0.0719 e. The molecule has 0 radical (unpaired) electrons. The minimum absolute atomic E-state index is 0. The number of rotatable bonds is 7. The fraction of sp³-hybridized carbons (Fsp3) is 1.00. The minimum Gasteiger partial charge on any atom is -0.412 e. The van der Waals surface area contributed by atoms with E-state index < -0.39 is 0 Å². The van der Waals surface area contributed by atoms with Crippen LogP contribution < -0.4 is 5.73 Å². The molecule has 0 aromatic carbocycles. The number of hydrogen-bond acceptors (Lipinski definition) is 2. The third kappa shape index (κ3) is 4.94. The molecule has 3 nitrogen and oxygen atoms in total. The van der Waals surface area contributed by atoms with Crippen molar-refractivity contribution in [2.24, 2.45) is 5.73 Å². The van der Waals surface area contributed by atoms with Crippen LogP contribution in [-0.2, 0) is 0 Å². The zero-order chi connectivity index (χ0) is 10.3. The molecular weight excluding hydrogens is 178 g/mol. The molecule has 1 unspecified atom stereocenters. The molecule has 1 atom stereocenters. The van der Waals surface area contributed by atoms with Gasteiger partial charge in [0.15, 0.2) is 0 Å². The van der Waals surface area contributed by atoms with Crippen molar-refractivity contribution in [2.75, 3.05) is 0 Å². The van der Waals surface area contributed by atoms with E-state index in [0.29, 0.717) is 0 Å². The van der Waals surface area contributed by atoms with Crippen molar-refractivity contribution in [1.29, 1.82) is 0 Å². The van der Waals surface area contributed by atoms with Gasteiger partial charge in [0.1, 0.15) is 0 Å². The summed E-state index contributed by atoms with van der Waals surface area (Å²) < 4.78 is 0. The molecule has 0 aliphatic rings. The zero-order valence-corrected chi connectivity index (χ0v) is 9.84. The summed E-state index contributed by atoms with van der Waals surface area (Å²) in [5, 5.41) is 9.91. The van der Waals surface area contributed by atoms with Crippen LogP contribution in [0.3, 0.4) is 0 Å². The normalized spacial score (nSPS) is 13.5. The first-order valence-electron chi connectivity index (χ1n) is 5.57. The number of aliphatic hydroxyl groups is 1. The number of aliphatic hydroxyl groups excluding tert-OH is 1. The highest BCUT2D eigenvalue weighted by molar-refractivity contribution is 4.90. The molecule has 0 aromatic heterocycles. The lowest BCUT2D eigenvalue weighted by Gasteiger charge is -2.34. The Morgan fingerprint density at radius 3 is 1.79 bits per heavy atom. The van der Waals surface area contributed by atoms with E-state index >= 15 is 0 Å². The van der Waals surface area contributed by atoms with Crippen LogP contribution in [0.1, 0.15) is 59.3 Å². The average molecular weight is 205 g/mol. The lowest BCUT2D eigenvalue weighted by molar-refractivity contribution is 0.0633. The summed E-state index contributed by atoms with van der Waals surface area (Å²) in [6.45, 7) is 6.33. The molecule has 0 amide bonds. The van der Waals surface area contributed by atoms with Crippen molar-refractivity contribution in [1.82, 2.24) is 0 Å². The van der Waals surface area contributed by atoms with Gasteiger partial charge in [-0.1, -0.05) is 40.0 Å². The summed E-state index contributed by atoms with van der Waals surface area (Å²) >= 11 is 0. The van der Waals surface area contributed by atoms with Gasteiger partial charge >= 0.3 is 0 Å². The summed E-state index contributed by atoms with van der Waals surface area (Å²) in [6, 6.07) is 0. The van der Waals surface area contributed by atoms with Crippen molar-refractivity contribution in [3.8, 4) is 0 Å². The highest BCUT2D eigenvalue weighted by atomic mass is 16.3. The quantitative estimate of drug-likeness (QED) is 0.662. The topological polar surface area (TPSA) is 77.8 Å². The Hall–Kier alpha value is -0.120. The smallest absolute Gasteiger partial charge is 0.0719 e. The maximum absolute atomic E-state index is 9.91. The second-order valence-electron chi connectivity index (χ2n) is 4.04. The molecular formula is C11H27NO2. The molecule has 0 fully saturated rings. The lowest BCUT2D eigenvalue weighted by Crippen LogP contribution is -2.50. The van der Waals surface area contributed by atoms with Crippen LogP contribution in [-0.4, -0.2) is 22.2 Å². The predicted octanol–water partition coefficient (Wildman–Crippen LogP) is 1.62. The maximum atomic E-state index is 9.91. The van der Waals surface area contributed by atoms with Crippen LogP contribution in [0.4, 0.5) is 0 Å². The second-order valence-corrected chi connectivity index (χ2v) is 4.04. The summed E-state index contributed by atoms with van der Waals surface area (Å²) in [5.74, 6) is 0. The van der Waals surface area contributed by atoms with Gasteiger partial charge in [-0.05, 0) is 19.3 Å². The molecule has 0 heterocycles. The monoisotopic (exact) mass is 205 g/mol. The summed E-state index contributed by atoms with van der Waals surface area (Å²) in [5.41, 5.74) is 5.86. The van der Waals surface area contributed by atoms with E-state index in [1.54, 1.807) is 0 Å². The van der Waals surface area contributed by atoms with Gasteiger partial charge in [0, 0.05) is 5.54 Å². The number of nitrogens with two attached hydrogens (primary N) is 1. The highest BCUT2D eigenvalue weighted by Gasteiger charge is 2.30. The van der Waals surface area contributed by atoms with Gasteiger partial charge in [0.05, 0.1) is 6.10 Å². The summed E-state index contributed by atoms with van der Waals surface area (Å²) in [6.07, 6.45) is 5.49. The molecule has 0 aliphatic carbocycles. The minimum atomic E-state index is -0.334. The van der Waals surface area contributed by atoms with Gasteiger partial charge in [-0.15, -0.1) is 0 Å². The van der Waals surface area contributed by atoms with Crippen LogP contribution in [0.2, 0.25) is 0 Å². The number of hydrogen-bond donors (Lipinski definition) is 2. The first-order chi connectivity index (χ1) is 6.10. The largest absolute Gasteiger partial charge is 0.412 e. The molecule has 0 spiro atoms. The van der Waals surface area contributed by atoms with Crippen molar-refractivity contribution in [3.63, 3.8) is 0 Å². The molecule has 0 aliphatic heterocycles. The van der Waals surface area contributed by atoms with Crippen LogP contribution >= 0.6 is 0 Å². The first kappa shape index (κ1) is 16.3. The third-order valence-electron chi connectivity index (χ3n) is 2.66. The lowest BCUT2D eigenvalue weighted by atomic mass is 9.82.